The number of nitrogens with zero attached hydrogens (tertiary/aromatic N) is 3. The lowest BCUT2D eigenvalue weighted by Gasteiger charge is -2.14. The second-order valence-corrected chi connectivity index (χ2v) is 7.33. The van der Waals surface area contributed by atoms with Crippen LogP contribution in [0.15, 0.2) is 48.7 Å². The summed E-state index contributed by atoms with van der Waals surface area (Å²) in [7, 11) is 0. The van der Waals surface area contributed by atoms with Gasteiger partial charge in [-0.25, -0.2) is 0 Å². The van der Waals surface area contributed by atoms with Crippen LogP contribution in [0.5, 0.6) is 0 Å². The quantitative estimate of drug-likeness (QED) is 0.682. The van der Waals surface area contributed by atoms with Crippen molar-refractivity contribution in [3.8, 4) is 11.3 Å². The molecule has 0 atom stereocenters. The van der Waals surface area contributed by atoms with Gasteiger partial charge in [0.05, 0.1) is 5.69 Å². The molecule has 0 aliphatic heterocycles. The summed E-state index contributed by atoms with van der Waals surface area (Å²) in [4.78, 5) is 16.7. The lowest BCUT2D eigenvalue weighted by Crippen LogP contribution is -2.28. The monoisotopic (exact) mass is 414 g/mol. The Labute approximate surface area is 171 Å². The predicted octanol–water partition coefficient (Wildman–Crippen LogP) is 4.16. The molecule has 1 N–H and O–H groups in total. The molecule has 0 saturated heterocycles. The van der Waals surface area contributed by atoms with E-state index in [1.54, 1.807) is 6.20 Å². The molecule has 0 bridgehead atoms. The summed E-state index contributed by atoms with van der Waals surface area (Å²) in [5.41, 5.74) is 2.55. The molecule has 1 amide bonds. The summed E-state index contributed by atoms with van der Waals surface area (Å²) in [5, 5.41) is 6.51. The van der Waals surface area contributed by atoms with E-state index in [2.05, 4.69) is 15.4 Å². The zero-order valence-electron chi connectivity index (χ0n) is 16.2. The molecule has 0 saturated carbocycles. The fourth-order valence-corrected chi connectivity index (χ4v) is 3.80. The first kappa shape index (κ1) is 20.1. The van der Waals surface area contributed by atoms with Crippen LogP contribution in [0.4, 0.5) is 13.2 Å². The van der Waals surface area contributed by atoms with Crippen molar-refractivity contribution in [1.29, 1.82) is 0 Å². The minimum absolute atomic E-state index is 0.224. The molecule has 0 spiro atoms. The van der Waals surface area contributed by atoms with Crippen LogP contribution in [0, 0.1) is 0 Å². The van der Waals surface area contributed by atoms with E-state index in [-0.39, 0.29) is 24.6 Å². The van der Waals surface area contributed by atoms with E-state index in [1.807, 2.05) is 42.5 Å². The number of aromatic nitrogens is 3. The minimum Gasteiger partial charge on any atom is -0.350 e. The highest BCUT2D eigenvalue weighted by Crippen LogP contribution is 2.35. The zero-order chi connectivity index (χ0) is 21.1. The van der Waals surface area contributed by atoms with Crippen LogP contribution in [-0.2, 0) is 36.9 Å². The van der Waals surface area contributed by atoms with E-state index in [0.717, 1.165) is 23.2 Å². The molecule has 0 unspecified atom stereocenters. The number of alkyl halides is 3. The second-order valence-electron chi connectivity index (χ2n) is 7.33. The molecule has 2 heterocycles. The predicted molar refractivity (Wildman–Crippen MR) is 105 cm³/mol. The van der Waals surface area contributed by atoms with E-state index >= 15 is 0 Å². The normalized spacial score (nSPS) is 13.7. The maximum atomic E-state index is 13.3. The van der Waals surface area contributed by atoms with Crippen LogP contribution in [0.2, 0.25) is 0 Å². The molecule has 0 fully saturated rings. The lowest BCUT2D eigenvalue weighted by molar-refractivity contribution is -0.142. The van der Waals surface area contributed by atoms with Crippen molar-refractivity contribution in [1.82, 2.24) is 20.1 Å². The Morgan fingerprint density at radius 1 is 1.10 bits per heavy atom. The SMILES string of the molecule is O=C(Cn1nc(C(F)(F)F)c2c1CCCC2)NCc1cccc(-c2ccccn2)c1. The molecule has 1 aromatic carbocycles. The highest BCUT2D eigenvalue weighted by atomic mass is 19.4. The van der Waals surface area contributed by atoms with Gasteiger partial charge in [-0.1, -0.05) is 24.3 Å². The molecule has 1 aliphatic rings. The first-order valence-electron chi connectivity index (χ1n) is 9.84. The Bertz CT molecular complexity index is 1040. The third-order valence-electron chi connectivity index (χ3n) is 5.20. The van der Waals surface area contributed by atoms with E-state index in [9.17, 15) is 18.0 Å². The van der Waals surface area contributed by atoms with Crippen LogP contribution in [0.1, 0.15) is 35.4 Å². The fraction of sp³-hybridized carbons (Fsp3) is 0.318. The lowest BCUT2D eigenvalue weighted by atomic mass is 9.95. The molecule has 3 aromatic rings. The highest BCUT2D eigenvalue weighted by molar-refractivity contribution is 5.75. The van der Waals surface area contributed by atoms with Gasteiger partial charge >= 0.3 is 6.18 Å². The number of amides is 1. The number of rotatable bonds is 5. The maximum Gasteiger partial charge on any atom is 0.435 e. The van der Waals surface area contributed by atoms with Crippen molar-refractivity contribution in [2.24, 2.45) is 0 Å². The Kier molecular flexibility index (Phi) is 5.57. The number of halogens is 3. The Morgan fingerprint density at radius 3 is 2.70 bits per heavy atom. The van der Waals surface area contributed by atoms with Crippen molar-refractivity contribution in [3.05, 3.63) is 71.2 Å². The number of benzene rings is 1. The van der Waals surface area contributed by atoms with Crippen molar-refractivity contribution in [2.45, 2.75) is 44.9 Å². The molecule has 30 heavy (non-hydrogen) atoms. The molecule has 2 aromatic heterocycles. The number of carbonyl (C=O) groups is 1. The average molecular weight is 414 g/mol. The summed E-state index contributed by atoms with van der Waals surface area (Å²) in [6.45, 7) is 0.0490. The number of fused-ring (bicyclic) bond motifs is 1. The Hall–Kier alpha value is -3.16. The van der Waals surface area contributed by atoms with Crippen LogP contribution in [-0.4, -0.2) is 20.7 Å². The number of carbonyl (C=O) groups excluding carboxylic acids is 1. The number of nitrogens with one attached hydrogen (secondary N) is 1. The summed E-state index contributed by atoms with van der Waals surface area (Å²) in [6, 6.07) is 13.3. The van der Waals surface area contributed by atoms with E-state index in [4.69, 9.17) is 0 Å². The topological polar surface area (TPSA) is 59.8 Å². The summed E-state index contributed by atoms with van der Waals surface area (Å²) in [5.74, 6) is -0.372. The molecule has 0 radical (unpaired) electrons. The van der Waals surface area contributed by atoms with Gasteiger partial charge in [0.15, 0.2) is 5.69 Å². The third kappa shape index (κ3) is 4.37. The summed E-state index contributed by atoms with van der Waals surface area (Å²) >= 11 is 0. The van der Waals surface area contributed by atoms with Crippen molar-refractivity contribution >= 4 is 5.91 Å². The van der Waals surface area contributed by atoms with Crippen molar-refractivity contribution in [3.63, 3.8) is 0 Å². The number of hydrogen-bond acceptors (Lipinski definition) is 3. The molecule has 4 rings (SSSR count). The smallest absolute Gasteiger partial charge is 0.350 e. The molecule has 8 heteroatoms. The minimum atomic E-state index is -4.50. The zero-order valence-corrected chi connectivity index (χ0v) is 16.2. The van der Waals surface area contributed by atoms with Gasteiger partial charge < -0.3 is 5.32 Å². The maximum absolute atomic E-state index is 13.3. The number of pyridine rings is 1. The summed E-state index contributed by atoms with van der Waals surface area (Å²) in [6.07, 6.45) is -0.415. The number of hydrogen-bond donors (Lipinski definition) is 1. The first-order chi connectivity index (χ1) is 14.4. The molecular formula is C22H21F3N4O. The summed E-state index contributed by atoms with van der Waals surface area (Å²) < 4.78 is 41.1. The Balaban J connectivity index is 1.44. The van der Waals surface area contributed by atoms with Gasteiger partial charge in [0.1, 0.15) is 6.54 Å². The standard InChI is InChI=1S/C22H21F3N4O/c23-22(24,25)21-17-8-1-2-10-19(17)29(28-21)14-20(30)27-13-15-6-5-7-16(12-15)18-9-3-4-11-26-18/h3-7,9,11-12H,1-2,8,10,13-14H2,(H,27,30). The largest absolute Gasteiger partial charge is 0.435 e. The van der Waals surface area contributed by atoms with E-state index < -0.39 is 11.9 Å². The van der Waals surface area contributed by atoms with E-state index in [0.29, 0.717) is 25.0 Å². The van der Waals surface area contributed by atoms with Crippen molar-refractivity contribution < 1.29 is 18.0 Å². The second kappa shape index (κ2) is 8.30. The first-order valence-corrected chi connectivity index (χ1v) is 9.84. The van der Waals surface area contributed by atoms with Crippen LogP contribution < -0.4 is 5.32 Å². The van der Waals surface area contributed by atoms with E-state index in [1.165, 1.54) is 4.68 Å². The molecule has 5 nitrogen and oxygen atoms in total. The Morgan fingerprint density at radius 2 is 1.93 bits per heavy atom. The van der Waals surface area contributed by atoms with Gasteiger partial charge in [-0.3, -0.25) is 14.5 Å². The molecule has 156 valence electrons. The van der Waals surface area contributed by atoms with Crippen LogP contribution in [0.25, 0.3) is 11.3 Å². The van der Waals surface area contributed by atoms with Crippen LogP contribution in [0.3, 0.4) is 0 Å². The fourth-order valence-electron chi connectivity index (χ4n) is 3.80. The molecular weight excluding hydrogens is 393 g/mol. The van der Waals surface area contributed by atoms with Crippen LogP contribution >= 0.6 is 0 Å². The van der Waals surface area contributed by atoms with Gasteiger partial charge in [0.25, 0.3) is 0 Å². The highest BCUT2D eigenvalue weighted by Gasteiger charge is 2.39. The van der Waals surface area contributed by atoms with Gasteiger partial charge in [0.2, 0.25) is 5.91 Å². The molecule has 1 aliphatic carbocycles. The third-order valence-corrected chi connectivity index (χ3v) is 5.20. The average Bonchev–Trinajstić information content (AvgIpc) is 3.12. The van der Waals surface area contributed by atoms with Gasteiger partial charge in [-0.05, 0) is 49.4 Å². The van der Waals surface area contributed by atoms with Gasteiger partial charge in [0, 0.05) is 29.6 Å². The van der Waals surface area contributed by atoms with Crippen molar-refractivity contribution in [2.75, 3.05) is 0 Å². The van der Waals surface area contributed by atoms with Gasteiger partial charge in [-0.2, -0.15) is 18.3 Å². The van der Waals surface area contributed by atoms with Gasteiger partial charge in [-0.15, -0.1) is 0 Å².